The summed E-state index contributed by atoms with van der Waals surface area (Å²) in [4.78, 5) is 4.05. The Morgan fingerprint density at radius 1 is 1.73 bits per heavy atom. The number of nitrogens with one attached hydrogen (secondary N) is 1. The summed E-state index contributed by atoms with van der Waals surface area (Å²) >= 11 is 0. The van der Waals surface area contributed by atoms with Gasteiger partial charge in [0.15, 0.2) is 5.82 Å². The molecular weight excluding hydrogens is 138 g/mol. The highest BCUT2D eigenvalue weighted by atomic mass is 15.0. The van der Waals surface area contributed by atoms with Gasteiger partial charge in [0.2, 0.25) is 0 Å². The molecule has 0 aromatic carbocycles. The Labute approximate surface area is 66.4 Å². The first-order chi connectivity index (χ1) is 5.34. The third-order valence-electron chi connectivity index (χ3n) is 1.29. The molecule has 1 heterocycles. The van der Waals surface area contributed by atoms with Crippen LogP contribution >= 0.6 is 0 Å². The zero-order valence-electron chi connectivity index (χ0n) is 6.76. The first kappa shape index (κ1) is 7.83. The van der Waals surface area contributed by atoms with Crippen LogP contribution < -0.4 is 5.32 Å². The van der Waals surface area contributed by atoms with Crippen molar-refractivity contribution in [3.8, 4) is 11.8 Å². The second-order valence-electron chi connectivity index (χ2n) is 2.19. The van der Waals surface area contributed by atoms with E-state index in [1.165, 1.54) is 0 Å². The maximum Gasteiger partial charge on any atom is 0.185 e. The third kappa shape index (κ3) is 2.10. The molecule has 0 amide bonds. The first-order valence-corrected chi connectivity index (χ1v) is 3.45. The molecule has 0 aliphatic heterocycles. The summed E-state index contributed by atoms with van der Waals surface area (Å²) in [6.07, 6.45) is 3.62. The standard InChI is InChI=1S/C8H11N3/c1-9-5-3-4-8-10-6-7-11(8)2/h6-7,9H,5H2,1-2H3. The van der Waals surface area contributed by atoms with Gasteiger partial charge in [-0.05, 0) is 13.0 Å². The van der Waals surface area contributed by atoms with Gasteiger partial charge in [-0.25, -0.2) is 4.98 Å². The van der Waals surface area contributed by atoms with Gasteiger partial charge in [-0.3, -0.25) is 0 Å². The fourth-order valence-electron chi connectivity index (χ4n) is 0.698. The molecule has 0 radical (unpaired) electrons. The third-order valence-corrected chi connectivity index (χ3v) is 1.29. The average Bonchev–Trinajstić information content (AvgIpc) is 2.37. The lowest BCUT2D eigenvalue weighted by Gasteiger charge is -1.89. The van der Waals surface area contributed by atoms with E-state index in [-0.39, 0.29) is 0 Å². The van der Waals surface area contributed by atoms with Crippen LogP contribution in [0.3, 0.4) is 0 Å². The molecule has 0 atom stereocenters. The van der Waals surface area contributed by atoms with Crippen molar-refractivity contribution in [1.29, 1.82) is 0 Å². The Balaban J connectivity index is 2.65. The molecule has 0 aliphatic rings. The number of hydrogen-bond donors (Lipinski definition) is 1. The highest BCUT2D eigenvalue weighted by Gasteiger charge is 1.89. The molecule has 58 valence electrons. The van der Waals surface area contributed by atoms with Crippen molar-refractivity contribution in [3.63, 3.8) is 0 Å². The first-order valence-electron chi connectivity index (χ1n) is 3.45. The summed E-state index contributed by atoms with van der Waals surface area (Å²) in [5.74, 6) is 6.67. The van der Waals surface area contributed by atoms with Crippen LogP contribution in [0.4, 0.5) is 0 Å². The number of rotatable bonds is 1. The maximum atomic E-state index is 4.05. The largest absolute Gasteiger partial charge is 0.327 e. The lowest BCUT2D eigenvalue weighted by atomic mass is 10.5. The van der Waals surface area contributed by atoms with E-state index in [9.17, 15) is 0 Å². The minimum atomic E-state index is 0.701. The van der Waals surface area contributed by atoms with E-state index >= 15 is 0 Å². The molecule has 0 saturated heterocycles. The molecule has 0 spiro atoms. The van der Waals surface area contributed by atoms with E-state index in [1.807, 2.05) is 24.9 Å². The minimum absolute atomic E-state index is 0.701. The predicted octanol–water partition coefficient (Wildman–Crippen LogP) is -0.00900. The van der Waals surface area contributed by atoms with Crippen molar-refractivity contribution >= 4 is 0 Å². The average molecular weight is 149 g/mol. The fourth-order valence-corrected chi connectivity index (χ4v) is 0.698. The van der Waals surface area contributed by atoms with Crippen molar-refractivity contribution in [1.82, 2.24) is 14.9 Å². The summed E-state index contributed by atoms with van der Waals surface area (Å²) in [6, 6.07) is 0. The van der Waals surface area contributed by atoms with Crippen LogP contribution in [0.15, 0.2) is 12.4 Å². The van der Waals surface area contributed by atoms with Crippen molar-refractivity contribution in [2.75, 3.05) is 13.6 Å². The van der Waals surface area contributed by atoms with E-state index in [2.05, 4.69) is 22.1 Å². The summed E-state index contributed by atoms with van der Waals surface area (Å²) < 4.78 is 1.89. The fraction of sp³-hybridized carbons (Fsp3) is 0.375. The van der Waals surface area contributed by atoms with E-state index in [0.29, 0.717) is 6.54 Å². The zero-order chi connectivity index (χ0) is 8.10. The topological polar surface area (TPSA) is 29.9 Å². The van der Waals surface area contributed by atoms with E-state index in [4.69, 9.17) is 0 Å². The maximum absolute atomic E-state index is 4.05. The molecule has 3 heteroatoms. The van der Waals surface area contributed by atoms with Gasteiger partial charge in [-0.1, -0.05) is 5.92 Å². The van der Waals surface area contributed by atoms with E-state index in [1.54, 1.807) is 6.20 Å². The van der Waals surface area contributed by atoms with Gasteiger partial charge in [0, 0.05) is 19.4 Å². The van der Waals surface area contributed by atoms with Crippen LogP contribution in [0.5, 0.6) is 0 Å². The van der Waals surface area contributed by atoms with Crippen LogP contribution in [-0.2, 0) is 7.05 Å². The van der Waals surface area contributed by atoms with Crippen LogP contribution in [0, 0.1) is 11.8 Å². The van der Waals surface area contributed by atoms with Crippen LogP contribution in [-0.4, -0.2) is 23.1 Å². The summed E-state index contributed by atoms with van der Waals surface area (Å²) in [5.41, 5.74) is 0. The highest BCUT2D eigenvalue weighted by molar-refractivity contribution is 5.21. The van der Waals surface area contributed by atoms with Crippen molar-refractivity contribution in [3.05, 3.63) is 18.2 Å². The Morgan fingerprint density at radius 3 is 3.09 bits per heavy atom. The molecule has 0 aliphatic carbocycles. The van der Waals surface area contributed by atoms with E-state index < -0.39 is 0 Å². The molecule has 0 fully saturated rings. The van der Waals surface area contributed by atoms with Crippen LogP contribution in [0.25, 0.3) is 0 Å². The van der Waals surface area contributed by atoms with Gasteiger partial charge in [-0.15, -0.1) is 0 Å². The number of imidazole rings is 1. The monoisotopic (exact) mass is 149 g/mol. The number of aromatic nitrogens is 2. The number of hydrogen-bond acceptors (Lipinski definition) is 2. The van der Waals surface area contributed by atoms with Gasteiger partial charge in [-0.2, -0.15) is 0 Å². The summed E-state index contributed by atoms with van der Waals surface area (Å²) in [7, 11) is 3.80. The molecule has 0 bridgehead atoms. The molecule has 1 aromatic heterocycles. The Bertz CT molecular complexity index is 277. The lowest BCUT2D eigenvalue weighted by Crippen LogP contribution is -2.04. The smallest absolute Gasteiger partial charge is 0.185 e. The molecule has 1 N–H and O–H groups in total. The predicted molar refractivity (Wildman–Crippen MR) is 44.0 cm³/mol. The molecular formula is C8H11N3. The zero-order valence-corrected chi connectivity index (χ0v) is 6.76. The normalized spacial score (nSPS) is 8.91. The van der Waals surface area contributed by atoms with Crippen LogP contribution in [0.2, 0.25) is 0 Å². The van der Waals surface area contributed by atoms with Gasteiger partial charge < -0.3 is 9.88 Å². The van der Waals surface area contributed by atoms with Gasteiger partial charge in [0.1, 0.15) is 0 Å². The van der Waals surface area contributed by atoms with Crippen molar-refractivity contribution < 1.29 is 0 Å². The molecule has 1 aromatic rings. The molecule has 11 heavy (non-hydrogen) atoms. The number of aryl methyl sites for hydroxylation is 1. The summed E-state index contributed by atoms with van der Waals surface area (Å²) in [6.45, 7) is 0.701. The Kier molecular flexibility index (Phi) is 2.70. The Morgan fingerprint density at radius 2 is 2.55 bits per heavy atom. The minimum Gasteiger partial charge on any atom is -0.327 e. The number of nitrogens with zero attached hydrogens (tertiary/aromatic N) is 2. The second-order valence-corrected chi connectivity index (χ2v) is 2.19. The summed E-state index contributed by atoms with van der Waals surface area (Å²) in [5, 5.41) is 2.94. The van der Waals surface area contributed by atoms with Gasteiger partial charge in [0.25, 0.3) is 0 Å². The quantitative estimate of drug-likeness (QED) is 0.569. The molecule has 0 unspecified atom stereocenters. The van der Waals surface area contributed by atoms with Crippen LogP contribution in [0.1, 0.15) is 5.82 Å². The Hall–Kier alpha value is -1.27. The lowest BCUT2D eigenvalue weighted by molar-refractivity contribution is 0.891. The van der Waals surface area contributed by atoms with Gasteiger partial charge >= 0.3 is 0 Å². The molecule has 3 nitrogen and oxygen atoms in total. The molecule has 0 saturated carbocycles. The SMILES string of the molecule is CNCC#Cc1nccn1C. The van der Waals surface area contributed by atoms with E-state index in [0.717, 1.165) is 5.82 Å². The van der Waals surface area contributed by atoms with Crippen molar-refractivity contribution in [2.45, 2.75) is 0 Å². The molecule has 1 rings (SSSR count). The van der Waals surface area contributed by atoms with Gasteiger partial charge in [0.05, 0.1) is 6.54 Å². The highest BCUT2D eigenvalue weighted by Crippen LogP contribution is 1.89. The van der Waals surface area contributed by atoms with Crippen molar-refractivity contribution in [2.24, 2.45) is 7.05 Å². The second kappa shape index (κ2) is 3.79.